The second kappa shape index (κ2) is 6.81. The molecule has 22 heavy (non-hydrogen) atoms. The lowest BCUT2D eigenvalue weighted by Gasteiger charge is -2.05. The molecule has 1 unspecified atom stereocenters. The summed E-state index contributed by atoms with van der Waals surface area (Å²) in [6, 6.07) is 8.72. The summed E-state index contributed by atoms with van der Waals surface area (Å²) < 4.78 is 12.9. The number of H-pyrrole nitrogens is 1. The molecule has 0 saturated heterocycles. The van der Waals surface area contributed by atoms with Crippen molar-refractivity contribution in [2.75, 3.05) is 0 Å². The van der Waals surface area contributed by atoms with Crippen LogP contribution in [0.15, 0.2) is 42.0 Å². The maximum Gasteiger partial charge on any atom is 0.153 e. The molecule has 3 rings (SSSR count). The van der Waals surface area contributed by atoms with Crippen molar-refractivity contribution in [3.63, 3.8) is 0 Å². The molecule has 0 bridgehead atoms. The van der Waals surface area contributed by atoms with E-state index in [1.54, 1.807) is 11.3 Å². The van der Waals surface area contributed by atoms with Gasteiger partial charge in [0.1, 0.15) is 18.2 Å². The van der Waals surface area contributed by atoms with E-state index >= 15 is 0 Å². The zero-order chi connectivity index (χ0) is 15.4. The Morgan fingerprint density at radius 1 is 1.23 bits per heavy atom. The minimum atomic E-state index is -0.622. The van der Waals surface area contributed by atoms with Crippen LogP contribution in [0.5, 0.6) is 0 Å². The monoisotopic (exact) mass is 317 g/mol. The molecule has 0 spiro atoms. The van der Waals surface area contributed by atoms with Gasteiger partial charge in [-0.05, 0) is 47.5 Å². The third kappa shape index (κ3) is 3.78. The summed E-state index contributed by atoms with van der Waals surface area (Å²) in [7, 11) is 0. The summed E-state index contributed by atoms with van der Waals surface area (Å²) >= 11 is 1.69. The Morgan fingerprint density at radius 2 is 2.05 bits per heavy atom. The van der Waals surface area contributed by atoms with Crippen molar-refractivity contribution < 1.29 is 9.50 Å². The largest absolute Gasteiger partial charge is 0.385 e. The van der Waals surface area contributed by atoms with Gasteiger partial charge in [-0.15, -0.1) is 11.3 Å². The average molecular weight is 317 g/mol. The van der Waals surface area contributed by atoms with Gasteiger partial charge >= 0.3 is 0 Å². The third-order valence-electron chi connectivity index (χ3n) is 3.46. The van der Waals surface area contributed by atoms with Crippen LogP contribution >= 0.6 is 11.3 Å². The van der Waals surface area contributed by atoms with Crippen molar-refractivity contribution in [1.82, 2.24) is 15.2 Å². The van der Waals surface area contributed by atoms with Crippen molar-refractivity contribution in [2.45, 2.75) is 25.4 Å². The molecular formula is C16H16FN3OS. The molecule has 0 amide bonds. The number of thiophene rings is 1. The highest BCUT2D eigenvalue weighted by atomic mass is 32.1. The fourth-order valence-electron chi connectivity index (χ4n) is 2.27. The van der Waals surface area contributed by atoms with E-state index in [2.05, 4.69) is 26.6 Å². The van der Waals surface area contributed by atoms with Gasteiger partial charge in [0.2, 0.25) is 0 Å². The molecule has 2 heterocycles. The Bertz CT molecular complexity index is 709. The van der Waals surface area contributed by atoms with Gasteiger partial charge in [0.25, 0.3) is 0 Å². The zero-order valence-electron chi connectivity index (χ0n) is 11.9. The lowest BCUT2D eigenvalue weighted by atomic mass is 10.1. The van der Waals surface area contributed by atoms with Crippen molar-refractivity contribution in [3.8, 4) is 0 Å². The highest BCUT2D eigenvalue weighted by molar-refractivity contribution is 7.10. The first-order valence-electron chi connectivity index (χ1n) is 7.05. The van der Waals surface area contributed by atoms with Gasteiger partial charge in [-0.2, -0.15) is 5.10 Å². The highest BCUT2D eigenvalue weighted by Crippen LogP contribution is 2.22. The molecule has 2 N–H and O–H groups in total. The minimum absolute atomic E-state index is 0.211. The number of hydrogen-bond donors (Lipinski definition) is 2. The fraction of sp³-hybridized carbons (Fsp3) is 0.250. The van der Waals surface area contributed by atoms with E-state index in [0.29, 0.717) is 12.2 Å². The van der Waals surface area contributed by atoms with E-state index in [4.69, 9.17) is 0 Å². The first-order chi connectivity index (χ1) is 10.7. The second-order valence-electron chi connectivity index (χ2n) is 5.15. The summed E-state index contributed by atoms with van der Waals surface area (Å²) in [5, 5.41) is 18.5. The molecule has 0 aliphatic carbocycles. The van der Waals surface area contributed by atoms with Gasteiger partial charge in [-0.1, -0.05) is 12.1 Å². The van der Waals surface area contributed by atoms with Crippen LogP contribution in [0.2, 0.25) is 0 Å². The number of rotatable bonds is 6. The first kappa shape index (κ1) is 14.9. The molecule has 0 fully saturated rings. The van der Waals surface area contributed by atoms with Crippen molar-refractivity contribution in [1.29, 1.82) is 0 Å². The van der Waals surface area contributed by atoms with Crippen LogP contribution in [0.4, 0.5) is 4.39 Å². The molecule has 1 aromatic carbocycles. The van der Waals surface area contributed by atoms with Gasteiger partial charge in [0.15, 0.2) is 5.82 Å². The van der Waals surface area contributed by atoms with E-state index in [1.165, 1.54) is 28.9 Å². The predicted octanol–water partition coefficient (Wildman–Crippen LogP) is 3.26. The van der Waals surface area contributed by atoms with E-state index in [-0.39, 0.29) is 5.82 Å². The number of aryl methyl sites for hydroxylation is 1. The normalized spacial score (nSPS) is 12.5. The lowest BCUT2D eigenvalue weighted by molar-refractivity contribution is 0.158. The van der Waals surface area contributed by atoms with E-state index in [0.717, 1.165) is 18.4 Å². The average Bonchev–Trinajstić information content (AvgIpc) is 3.19. The summed E-state index contributed by atoms with van der Waals surface area (Å²) in [6.07, 6.45) is 2.95. The highest BCUT2D eigenvalue weighted by Gasteiger charge is 2.11. The summed E-state index contributed by atoms with van der Waals surface area (Å²) in [5.41, 5.74) is 2.29. The van der Waals surface area contributed by atoms with Crippen LogP contribution in [0.1, 0.15) is 34.4 Å². The van der Waals surface area contributed by atoms with Crippen molar-refractivity contribution in [3.05, 3.63) is 69.7 Å². The van der Waals surface area contributed by atoms with Crippen LogP contribution in [0, 0.1) is 5.82 Å². The molecule has 4 nitrogen and oxygen atoms in total. The number of halogens is 1. The van der Waals surface area contributed by atoms with Crippen molar-refractivity contribution >= 4 is 11.3 Å². The molecule has 0 aliphatic heterocycles. The van der Waals surface area contributed by atoms with Crippen molar-refractivity contribution in [2.24, 2.45) is 0 Å². The Labute approximate surface area is 131 Å². The van der Waals surface area contributed by atoms with Crippen LogP contribution in [0.3, 0.4) is 0 Å². The number of hydrogen-bond acceptors (Lipinski definition) is 4. The number of aliphatic hydroxyl groups is 1. The number of nitrogens with zero attached hydrogens (tertiary/aromatic N) is 2. The Kier molecular flexibility index (Phi) is 4.60. The topological polar surface area (TPSA) is 61.8 Å². The first-order valence-corrected chi connectivity index (χ1v) is 7.93. The fourth-order valence-corrected chi connectivity index (χ4v) is 3.23. The van der Waals surface area contributed by atoms with Gasteiger partial charge in [0.05, 0.1) is 0 Å². The number of benzene rings is 1. The molecule has 114 valence electrons. The van der Waals surface area contributed by atoms with Crippen LogP contribution < -0.4 is 0 Å². The van der Waals surface area contributed by atoms with Crippen LogP contribution in [-0.4, -0.2) is 20.3 Å². The maximum absolute atomic E-state index is 12.9. The molecule has 3 aromatic rings. The van der Waals surface area contributed by atoms with E-state index in [9.17, 15) is 9.50 Å². The Morgan fingerprint density at radius 3 is 2.77 bits per heavy atom. The quantitative estimate of drug-likeness (QED) is 0.733. The summed E-state index contributed by atoms with van der Waals surface area (Å²) in [4.78, 5) is 5.18. The van der Waals surface area contributed by atoms with Gasteiger partial charge in [-0.25, -0.2) is 9.37 Å². The molecule has 0 saturated carbocycles. The van der Waals surface area contributed by atoms with Gasteiger partial charge in [0, 0.05) is 11.3 Å². The molecule has 1 atom stereocenters. The zero-order valence-corrected chi connectivity index (χ0v) is 12.7. The van der Waals surface area contributed by atoms with E-state index < -0.39 is 6.10 Å². The number of aromatic nitrogens is 3. The third-order valence-corrected chi connectivity index (χ3v) is 4.44. The van der Waals surface area contributed by atoms with Crippen LogP contribution in [0.25, 0.3) is 0 Å². The molecule has 2 aromatic heterocycles. The molecule has 0 aliphatic rings. The molecule has 6 heteroatoms. The summed E-state index contributed by atoms with van der Waals surface area (Å²) in [6.45, 7) is 0. The van der Waals surface area contributed by atoms with Crippen LogP contribution in [-0.2, 0) is 12.8 Å². The molecule has 0 radical (unpaired) electrons. The Balaban J connectivity index is 1.56. The number of nitrogens with one attached hydrogen (secondary N) is 1. The maximum atomic E-state index is 12.9. The van der Waals surface area contributed by atoms with Gasteiger partial charge in [-0.3, -0.25) is 5.10 Å². The number of aliphatic hydroxyl groups excluding tert-OH is 1. The molecular weight excluding hydrogens is 301 g/mol. The van der Waals surface area contributed by atoms with E-state index in [1.807, 2.05) is 12.1 Å². The van der Waals surface area contributed by atoms with Gasteiger partial charge < -0.3 is 5.11 Å². The second-order valence-corrected chi connectivity index (χ2v) is 6.15. The minimum Gasteiger partial charge on any atom is -0.385 e. The number of aromatic amines is 1. The smallest absolute Gasteiger partial charge is 0.153 e. The lowest BCUT2D eigenvalue weighted by Crippen LogP contribution is -2.01. The standard InChI is InChI=1S/C16H16FN3OS/c17-13-4-1-11(2-5-13)7-14-8-12(9-22-14)3-6-15(21)16-18-10-19-20-16/h1-2,4-5,8-10,15,21H,3,6-7H2,(H,18,19,20). The summed E-state index contributed by atoms with van der Waals surface area (Å²) in [5.74, 6) is 0.291. The Hall–Kier alpha value is -2.05. The SMILES string of the molecule is OC(CCc1csc(Cc2ccc(F)cc2)c1)c1ncn[nH]1. The predicted molar refractivity (Wildman–Crippen MR) is 83.2 cm³/mol.